The lowest BCUT2D eigenvalue weighted by Gasteiger charge is -2.49. The summed E-state index contributed by atoms with van der Waals surface area (Å²) in [4.78, 5) is 0. The second-order valence-corrected chi connectivity index (χ2v) is 12.8. The Kier molecular flexibility index (Phi) is 4.06. The lowest BCUT2D eigenvalue weighted by Crippen LogP contribution is -2.47. The van der Waals surface area contributed by atoms with Crippen LogP contribution in [-0.2, 0) is 9.47 Å². The third-order valence-electron chi connectivity index (χ3n) is 5.02. The van der Waals surface area contributed by atoms with Gasteiger partial charge in [0.15, 0.2) is 0 Å². The number of rotatable bonds is 3. The number of hydrogen-bond donors (Lipinski definition) is 0. The first kappa shape index (κ1) is 15.4. The lowest BCUT2D eigenvalue weighted by molar-refractivity contribution is 0.229. The molecule has 0 heterocycles. The van der Waals surface area contributed by atoms with Gasteiger partial charge in [0.1, 0.15) is 0 Å². The summed E-state index contributed by atoms with van der Waals surface area (Å²) >= 11 is 0. The molecule has 0 spiro atoms. The maximum atomic E-state index is 5.49. The molecule has 0 saturated heterocycles. The molecule has 0 N–H and O–H groups in total. The van der Waals surface area contributed by atoms with Gasteiger partial charge in [-0.2, -0.15) is 0 Å². The molecule has 0 amide bonds. The molecule has 2 nitrogen and oxygen atoms in total. The van der Waals surface area contributed by atoms with E-state index < -0.39 is 8.07 Å². The van der Waals surface area contributed by atoms with Crippen molar-refractivity contribution < 1.29 is 9.47 Å². The van der Waals surface area contributed by atoms with Crippen LogP contribution in [0.25, 0.3) is 0 Å². The van der Waals surface area contributed by atoms with Gasteiger partial charge in [0.2, 0.25) is 0 Å². The first-order chi connectivity index (χ1) is 8.07. The molecule has 1 aliphatic rings. The second-order valence-electron chi connectivity index (χ2n) is 6.96. The molecule has 0 aromatic carbocycles. The van der Waals surface area contributed by atoms with Crippen molar-refractivity contribution in [1.29, 1.82) is 0 Å². The zero-order valence-corrected chi connectivity index (χ0v) is 14.2. The normalized spacial score (nSPS) is 20.0. The van der Waals surface area contributed by atoms with Gasteiger partial charge in [-0.3, -0.25) is 0 Å². The Hall–Kier alpha value is -0.703. The average Bonchev–Trinajstić information content (AvgIpc) is 2.26. The van der Waals surface area contributed by atoms with Crippen molar-refractivity contribution in [1.82, 2.24) is 0 Å². The Morgan fingerprint density at radius 2 is 1.44 bits per heavy atom. The number of ether oxygens (including phenoxy) is 2. The minimum absolute atomic E-state index is 0.0696. The first-order valence-corrected chi connectivity index (χ1v) is 9.59. The molecule has 1 aliphatic carbocycles. The van der Waals surface area contributed by atoms with Crippen LogP contribution in [0.4, 0.5) is 0 Å². The van der Waals surface area contributed by atoms with Crippen LogP contribution >= 0.6 is 0 Å². The summed E-state index contributed by atoms with van der Waals surface area (Å²) in [6.45, 7) is 14.3. The third kappa shape index (κ3) is 2.51. The number of methoxy groups -OCH3 is 2. The largest absolute Gasteiger partial charge is 0.501 e. The van der Waals surface area contributed by atoms with E-state index in [2.05, 4.69) is 52.9 Å². The fourth-order valence-electron chi connectivity index (χ4n) is 2.42. The molecule has 1 rings (SSSR count). The van der Waals surface area contributed by atoms with E-state index in [9.17, 15) is 0 Å². The summed E-state index contributed by atoms with van der Waals surface area (Å²) in [6, 6.07) is 0. The molecule has 0 aromatic heterocycles. The first-order valence-electron chi connectivity index (χ1n) is 6.59. The van der Waals surface area contributed by atoms with E-state index in [-0.39, 0.29) is 5.04 Å². The van der Waals surface area contributed by atoms with Crippen LogP contribution in [0.5, 0.6) is 0 Å². The number of allylic oxidation sites excluding steroid dienone is 2. The smallest absolute Gasteiger partial charge is 0.0996 e. The van der Waals surface area contributed by atoms with E-state index >= 15 is 0 Å². The predicted octanol–water partition coefficient (Wildman–Crippen LogP) is 4.72. The molecule has 0 fully saturated rings. The van der Waals surface area contributed by atoms with E-state index in [1.165, 1.54) is 0 Å². The van der Waals surface area contributed by atoms with Crippen LogP contribution in [0.15, 0.2) is 23.7 Å². The predicted molar refractivity (Wildman–Crippen MR) is 80.4 cm³/mol. The van der Waals surface area contributed by atoms with Gasteiger partial charge in [-0.05, 0) is 17.2 Å². The fraction of sp³-hybridized carbons (Fsp3) is 0.733. The minimum Gasteiger partial charge on any atom is -0.501 e. The molecule has 0 saturated carbocycles. The van der Waals surface area contributed by atoms with E-state index in [0.29, 0.717) is 5.04 Å². The fourth-order valence-corrected chi connectivity index (χ4v) is 5.08. The number of hydrogen-bond acceptors (Lipinski definition) is 2. The van der Waals surface area contributed by atoms with Gasteiger partial charge in [-0.15, -0.1) is 0 Å². The van der Waals surface area contributed by atoms with Crippen molar-refractivity contribution in [2.45, 2.75) is 57.3 Å². The topological polar surface area (TPSA) is 18.5 Å². The van der Waals surface area contributed by atoms with Gasteiger partial charge in [0.25, 0.3) is 0 Å². The summed E-state index contributed by atoms with van der Waals surface area (Å²) in [6.07, 6.45) is 5.40. The van der Waals surface area contributed by atoms with Crippen LogP contribution in [0.3, 0.4) is 0 Å². The summed E-state index contributed by atoms with van der Waals surface area (Å²) in [5.41, 5.74) is 0. The zero-order chi connectivity index (χ0) is 14.2. The van der Waals surface area contributed by atoms with Gasteiger partial charge >= 0.3 is 0 Å². The van der Waals surface area contributed by atoms with Gasteiger partial charge in [-0.25, -0.2) is 0 Å². The standard InChI is InChI=1S/C15H28O2Si/c1-14(2,3)18(7,8)15(4)10-12(16-5)9-13(11-15)17-6/h10-11H,9H2,1-8H3. The van der Waals surface area contributed by atoms with Gasteiger partial charge in [0, 0.05) is 5.04 Å². The Balaban J connectivity index is 3.28. The van der Waals surface area contributed by atoms with Crippen molar-refractivity contribution in [2.24, 2.45) is 0 Å². The quantitative estimate of drug-likeness (QED) is 0.690. The SMILES string of the molecule is COC1=CC(C)([Si](C)(C)C(C)(C)C)C=C(OC)C1. The molecule has 18 heavy (non-hydrogen) atoms. The van der Waals surface area contributed by atoms with Crippen molar-refractivity contribution in [3.05, 3.63) is 23.7 Å². The monoisotopic (exact) mass is 268 g/mol. The summed E-state index contributed by atoms with van der Waals surface area (Å²) in [7, 11) is 1.94. The highest BCUT2D eigenvalue weighted by Crippen LogP contribution is 2.55. The molecular formula is C15H28O2Si. The highest BCUT2D eigenvalue weighted by atomic mass is 28.3. The molecule has 3 heteroatoms. The summed E-state index contributed by atoms with van der Waals surface area (Å²) < 4.78 is 11.0. The van der Waals surface area contributed by atoms with Crippen LogP contribution in [0.2, 0.25) is 23.2 Å². The highest BCUT2D eigenvalue weighted by molar-refractivity contribution is 6.84. The van der Waals surface area contributed by atoms with Gasteiger partial charge in [-0.1, -0.05) is 40.8 Å². The van der Waals surface area contributed by atoms with Gasteiger partial charge < -0.3 is 9.47 Å². The Morgan fingerprint density at radius 1 is 1.06 bits per heavy atom. The average molecular weight is 268 g/mol. The van der Waals surface area contributed by atoms with E-state index in [4.69, 9.17) is 9.47 Å². The maximum Gasteiger partial charge on any atom is 0.0996 e. The Morgan fingerprint density at radius 3 is 1.72 bits per heavy atom. The Labute approximate surface area is 113 Å². The molecule has 0 aliphatic heterocycles. The van der Waals surface area contributed by atoms with Crippen LogP contribution < -0.4 is 0 Å². The summed E-state index contributed by atoms with van der Waals surface area (Å²) in [5, 5.41) is 0.393. The lowest BCUT2D eigenvalue weighted by atomic mass is 10.0. The van der Waals surface area contributed by atoms with Crippen molar-refractivity contribution in [3.63, 3.8) is 0 Å². The van der Waals surface area contributed by atoms with Crippen LogP contribution in [0.1, 0.15) is 34.1 Å². The second kappa shape index (κ2) is 4.76. The van der Waals surface area contributed by atoms with E-state index in [0.717, 1.165) is 17.9 Å². The highest BCUT2D eigenvalue weighted by Gasteiger charge is 2.49. The molecule has 0 unspecified atom stereocenters. The zero-order valence-electron chi connectivity index (χ0n) is 13.2. The van der Waals surface area contributed by atoms with E-state index in [1.807, 2.05) is 0 Å². The van der Waals surface area contributed by atoms with Crippen molar-refractivity contribution >= 4 is 8.07 Å². The molecule has 104 valence electrons. The Bertz CT molecular complexity index is 352. The minimum atomic E-state index is -1.56. The molecule has 0 atom stereocenters. The van der Waals surface area contributed by atoms with E-state index in [1.54, 1.807) is 14.2 Å². The third-order valence-corrected chi connectivity index (χ3v) is 11.7. The van der Waals surface area contributed by atoms with Gasteiger partial charge in [0.05, 0.1) is 40.2 Å². The molecule has 0 bridgehead atoms. The van der Waals surface area contributed by atoms with Crippen molar-refractivity contribution in [3.8, 4) is 0 Å². The molecule has 0 aromatic rings. The molecule has 0 radical (unpaired) electrons. The van der Waals surface area contributed by atoms with Crippen LogP contribution in [0, 0.1) is 0 Å². The van der Waals surface area contributed by atoms with Crippen LogP contribution in [-0.4, -0.2) is 22.3 Å². The summed E-state index contributed by atoms with van der Waals surface area (Å²) in [5.74, 6) is 2.06. The molecular weight excluding hydrogens is 240 g/mol. The maximum absolute atomic E-state index is 5.49. The van der Waals surface area contributed by atoms with Crippen molar-refractivity contribution in [2.75, 3.05) is 14.2 Å².